The van der Waals surface area contributed by atoms with Crippen LogP contribution in [0.5, 0.6) is 0 Å². The summed E-state index contributed by atoms with van der Waals surface area (Å²) in [7, 11) is 2.14. The van der Waals surface area contributed by atoms with E-state index >= 15 is 0 Å². The van der Waals surface area contributed by atoms with E-state index in [4.69, 9.17) is 0 Å². The molecule has 2 aliphatic rings. The van der Waals surface area contributed by atoms with E-state index in [1.54, 1.807) is 0 Å². The Morgan fingerprint density at radius 1 is 1.04 bits per heavy atom. The third-order valence-electron chi connectivity index (χ3n) is 5.10. The van der Waals surface area contributed by atoms with Gasteiger partial charge in [-0.05, 0) is 62.5 Å². The fraction of sp³-hybridized carbons (Fsp3) is 0.579. The number of benzene rings is 1. The summed E-state index contributed by atoms with van der Waals surface area (Å²) < 4.78 is 0. The van der Waals surface area contributed by atoms with Gasteiger partial charge in [0.05, 0.1) is 0 Å². The van der Waals surface area contributed by atoms with E-state index in [1.807, 2.05) is 18.2 Å². The average molecular weight is 344 g/mol. The average Bonchev–Trinajstić information content (AvgIpc) is 3.07. The number of nitrogens with one attached hydrogen (secondary N) is 2. The predicted octanol–water partition coefficient (Wildman–Crippen LogP) is 0.868. The highest BCUT2D eigenvalue weighted by Gasteiger charge is 2.16. The molecule has 0 radical (unpaired) electrons. The number of aryl methyl sites for hydroxylation is 2. The zero-order valence-electron chi connectivity index (χ0n) is 15.0. The largest absolute Gasteiger partial charge is 0.348 e. The number of fused-ring (bicyclic) bond motifs is 1. The number of carbonyl (C=O) groups excluding carboxylic acids is 2. The Morgan fingerprint density at radius 2 is 1.80 bits per heavy atom. The quantitative estimate of drug-likeness (QED) is 0.614. The van der Waals surface area contributed by atoms with Crippen molar-refractivity contribution in [2.24, 2.45) is 0 Å². The summed E-state index contributed by atoms with van der Waals surface area (Å²) >= 11 is 0. The second kappa shape index (κ2) is 8.45. The van der Waals surface area contributed by atoms with E-state index in [1.165, 1.54) is 17.5 Å². The molecule has 0 spiro atoms. The minimum Gasteiger partial charge on any atom is -0.348 e. The van der Waals surface area contributed by atoms with Gasteiger partial charge in [-0.3, -0.25) is 9.59 Å². The number of anilines is 1. The van der Waals surface area contributed by atoms with Crippen molar-refractivity contribution in [2.45, 2.75) is 25.7 Å². The lowest BCUT2D eigenvalue weighted by atomic mass is 10.1. The first-order valence-electron chi connectivity index (χ1n) is 9.24. The summed E-state index contributed by atoms with van der Waals surface area (Å²) in [4.78, 5) is 28.7. The molecule has 1 fully saturated rings. The van der Waals surface area contributed by atoms with Crippen molar-refractivity contribution in [3.63, 3.8) is 0 Å². The van der Waals surface area contributed by atoms with E-state index in [-0.39, 0.29) is 0 Å². The third kappa shape index (κ3) is 5.03. The summed E-state index contributed by atoms with van der Waals surface area (Å²) in [5.41, 5.74) is 3.34. The van der Waals surface area contributed by atoms with Crippen molar-refractivity contribution >= 4 is 17.5 Å². The molecule has 136 valence electrons. The first kappa shape index (κ1) is 17.9. The van der Waals surface area contributed by atoms with E-state index in [0.29, 0.717) is 12.2 Å². The van der Waals surface area contributed by atoms with Crippen LogP contribution in [0.15, 0.2) is 18.2 Å². The molecule has 1 aliphatic carbocycles. The standard InChI is InChI=1S/C19H28N4O2/c1-22-10-12-23(13-11-22)9-3-8-20-18(24)19(25)21-17-7-6-15-4-2-5-16(15)14-17/h6-7,14H,2-5,8-13H2,1H3,(H,20,24)(H,21,25). The summed E-state index contributed by atoms with van der Waals surface area (Å²) in [6.07, 6.45) is 4.19. The van der Waals surface area contributed by atoms with Gasteiger partial charge in [0, 0.05) is 38.4 Å². The minimum absolute atomic E-state index is 0.531. The molecule has 25 heavy (non-hydrogen) atoms. The van der Waals surface area contributed by atoms with Gasteiger partial charge in [-0.15, -0.1) is 0 Å². The maximum atomic E-state index is 12.0. The van der Waals surface area contributed by atoms with Crippen molar-refractivity contribution in [2.75, 3.05) is 51.6 Å². The molecule has 1 saturated heterocycles. The Kier molecular flexibility index (Phi) is 6.04. The van der Waals surface area contributed by atoms with Crippen LogP contribution in [0, 0.1) is 0 Å². The number of hydrogen-bond acceptors (Lipinski definition) is 4. The van der Waals surface area contributed by atoms with Gasteiger partial charge in [0.15, 0.2) is 0 Å². The Labute approximate surface area is 149 Å². The molecule has 0 bridgehead atoms. The third-order valence-corrected chi connectivity index (χ3v) is 5.10. The van der Waals surface area contributed by atoms with Gasteiger partial charge >= 0.3 is 11.8 Å². The molecule has 2 N–H and O–H groups in total. The summed E-state index contributed by atoms with van der Waals surface area (Å²) in [5.74, 6) is -1.14. The molecule has 1 aliphatic heterocycles. The van der Waals surface area contributed by atoms with E-state index in [2.05, 4.69) is 27.5 Å². The normalized spacial score (nSPS) is 18.0. The lowest BCUT2D eigenvalue weighted by Crippen LogP contribution is -2.45. The number of likely N-dealkylation sites (N-methyl/N-ethyl adjacent to an activating group) is 1. The van der Waals surface area contributed by atoms with E-state index in [9.17, 15) is 9.59 Å². The molecule has 6 nitrogen and oxygen atoms in total. The monoisotopic (exact) mass is 344 g/mol. The van der Waals surface area contributed by atoms with Crippen LogP contribution in [0.25, 0.3) is 0 Å². The number of carbonyl (C=O) groups is 2. The van der Waals surface area contributed by atoms with Crippen molar-refractivity contribution in [3.8, 4) is 0 Å². The smallest absolute Gasteiger partial charge is 0.313 e. The van der Waals surface area contributed by atoms with Crippen LogP contribution >= 0.6 is 0 Å². The number of piperazine rings is 1. The molecular formula is C19H28N4O2. The van der Waals surface area contributed by atoms with Gasteiger partial charge in [-0.2, -0.15) is 0 Å². The summed E-state index contributed by atoms with van der Waals surface area (Å²) in [6.45, 7) is 5.82. The Hall–Kier alpha value is -1.92. The van der Waals surface area contributed by atoms with Gasteiger partial charge in [0.25, 0.3) is 0 Å². The van der Waals surface area contributed by atoms with Crippen molar-refractivity contribution in [3.05, 3.63) is 29.3 Å². The molecule has 1 aromatic rings. The fourth-order valence-corrected chi connectivity index (χ4v) is 3.49. The predicted molar refractivity (Wildman–Crippen MR) is 98.7 cm³/mol. The van der Waals surface area contributed by atoms with Gasteiger partial charge in [-0.25, -0.2) is 0 Å². The highest BCUT2D eigenvalue weighted by Crippen LogP contribution is 2.24. The highest BCUT2D eigenvalue weighted by atomic mass is 16.2. The molecule has 0 aromatic heterocycles. The van der Waals surface area contributed by atoms with Crippen LogP contribution < -0.4 is 10.6 Å². The molecule has 1 heterocycles. The molecule has 3 rings (SSSR count). The minimum atomic E-state index is -0.586. The van der Waals surface area contributed by atoms with E-state index in [0.717, 1.165) is 52.0 Å². The van der Waals surface area contributed by atoms with Crippen LogP contribution in [0.2, 0.25) is 0 Å². The first-order valence-corrected chi connectivity index (χ1v) is 9.24. The second-order valence-electron chi connectivity index (χ2n) is 7.05. The zero-order valence-corrected chi connectivity index (χ0v) is 15.0. The molecule has 1 aromatic carbocycles. The van der Waals surface area contributed by atoms with Gasteiger partial charge in [-0.1, -0.05) is 6.07 Å². The topological polar surface area (TPSA) is 64.7 Å². The summed E-state index contributed by atoms with van der Waals surface area (Å²) in [5, 5.41) is 5.41. The van der Waals surface area contributed by atoms with Gasteiger partial charge < -0.3 is 20.4 Å². The SMILES string of the molecule is CN1CCN(CCCNC(=O)C(=O)Nc2ccc3c(c2)CCC3)CC1. The van der Waals surface area contributed by atoms with Crippen LogP contribution in [0.3, 0.4) is 0 Å². The van der Waals surface area contributed by atoms with Crippen molar-refractivity contribution in [1.82, 2.24) is 15.1 Å². The Balaban J connectivity index is 1.36. The van der Waals surface area contributed by atoms with Crippen LogP contribution in [-0.2, 0) is 22.4 Å². The maximum Gasteiger partial charge on any atom is 0.313 e. The lowest BCUT2D eigenvalue weighted by Gasteiger charge is -2.32. The maximum absolute atomic E-state index is 12.0. The number of amides is 2. The Bertz CT molecular complexity index is 624. The molecule has 2 amide bonds. The van der Waals surface area contributed by atoms with Crippen molar-refractivity contribution < 1.29 is 9.59 Å². The lowest BCUT2D eigenvalue weighted by molar-refractivity contribution is -0.136. The number of rotatable bonds is 5. The fourth-order valence-electron chi connectivity index (χ4n) is 3.49. The summed E-state index contributed by atoms with van der Waals surface area (Å²) in [6, 6.07) is 5.91. The van der Waals surface area contributed by atoms with Crippen molar-refractivity contribution in [1.29, 1.82) is 0 Å². The highest BCUT2D eigenvalue weighted by molar-refractivity contribution is 6.39. The van der Waals surface area contributed by atoms with Crippen LogP contribution in [-0.4, -0.2) is 67.9 Å². The molecule has 0 saturated carbocycles. The number of hydrogen-bond donors (Lipinski definition) is 2. The van der Waals surface area contributed by atoms with Gasteiger partial charge in [0.1, 0.15) is 0 Å². The van der Waals surface area contributed by atoms with Crippen LogP contribution in [0.4, 0.5) is 5.69 Å². The number of nitrogens with zero attached hydrogens (tertiary/aromatic N) is 2. The van der Waals surface area contributed by atoms with Gasteiger partial charge in [0.2, 0.25) is 0 Å². The first-order chi connectivity index (χ1) is 12.1. The zero-order chi connectivity index (χ0) is 17.6. The second-order valence-corrected chi connectivity index (χ2v) is 7.05. The molecule has 0 unspecified atom stereocenters. The molecule has 6 heteroatoms. The molecule has 0 atom stereocenters. The van der Waals surface area contributed by atoms with E-state index < -0.39 is 11.8 Å². The molecular weight excluding hydrogens is 316 g/mol. The van der Waals surface area contributed by atoms with Crippen LogP contribution in [0.1, 0.15) is 24.0 Å². The Morgan fingerprint density at radius 3 is 2.60 bits per heavy atom.